The van der Waals surface area contributed by atoms with E-state index in [1.165, 1.54) is 6.07 Å². The van der Waals surface area contributed by atoms with E-state index in [1.807, 2.05) is 0 Å². The fourth-order valence-corrected chi connectivity index (χ4v) is 2.16. The standard InChI is InChI=1S/C16H9FO4/c17-13-7-12-11-6-9(2-1-5-18)3-4-10(11)16(20)21-15(12)8-14(13)19/h3-4,6-8,18-19H,5H2. The van der Waals surface area contributed by atoms with Gasteiger partial charge >= 0.3 is 5.63 Å². The molecule has 0 aliphatic heterocycles. The van der Waals surface area contributed by atoms with Crippen molar-refractivity contribution < 1.29 is 19.0 Å². The summed E-state index contributed by atoms with van der Waals surface area (Å²) in [5.74, 6) is 3.84. The molecule has 0 saturated carbocycles. The molecule has 2 aromatic carbocycles. The van der Waals surface area contributed by atoms with Gasteiger partial charge < -0.3 is 14.6 Å². The van der Waals surface area contributed by atoms with E-state index in [9.17, 15) is 14.3 Å². The molecule has 0 atom stereocenters. The summed E-state index contributed by atoms with van der Waals surface area (Å²) in [5.41, 5.74) is 0.0979. The topological polar surface area (TPSA) is 70.7 Å². The van der Waals surface area contributed by atoms with Crippen LogP contribution in [0.3, 0.4) is 0 Å². The number of hydrogen-bond acceptors (Lipinski definition) is 4. The first-order chi connectivity index (χ1) is 10.1. The number of aliphatic hydroxyl groups excluding tert-OH is 1. The predicted molar refractivity (Wildman–Crippen MR) is 75.6 cm³/mol. The Kier molecular flexibility index (Phi) is 3.09. The highest BCUT2D eigenvalue weighted by molar-refractivity contribution is 6.05. The first-order valence-electron chi connectivity index (χ1n) is 6.09. The monoisotopic (exact) mass is 284 g/mol. The maximum Gasteiger partial charge on any atom is 0.344 e. The Bertz CT molecular complexity index is 977. The van der Waals surface area contributed by atoms with Crippen molar-refractivity contribution >= 4 is 21.7 Å². The molecule has 0 unspecified atom stereocenters. The number of phenolic OH excluding ortho intramolecular Hbond substituents is 1. The molecule has 104 valence electrons. The molecule has 4 nitrogen and oxygen atoms in total. The van der Waals surface area contributed by atoms with E-state index in [0.717, 1.165) is 12.1 Å². The summed E-state index contributed by atoms with van der Waals surface area (Å²) in [5, 5.41) is 19.2. The van der Waals surface area contributed by atoms with Gasteiger partial charge in [-0.05, 0) is 24.3 Å². The molecule has 3 rings (SSSR count). The quantitative estimate of drug-likeness (QED) is 0.377. The van der Waals surface area contributed by atoms with Crippen LogP contribution in [-0.4, -0.2) is 16.8 Å². The van der Waals surface area contributed by atoms with Crippen LogP contribution in [0.5, 0.6) is 5.75 Å². The Labute approximate surface area is 118 Å². The third-order valence-corrected chi connectivity index (χ3v) is 3.09. The number of benzene rings is 2. The number of rotatable bonds is 0. The average Bonchev–Trinajstić information content (AvgIpc) is 2.47. The van der Waals surface area contributed by atoms with Crippen molar-refractivity contribution in [3.05, 3.63) is 52.1 Å². The van der Waals surface area contributed by atoms with Crippen molar-refractivity contribution in [3.63, 3.8) is 0 Å². The Morgan fingerprint density at radius 1 is 1.14 bits per heavy atom. The van der Waals surface area contributed by atoms with Crippen molar-refractivity contribution in [1.82, 2.24) is 0 Å². The van der Waals surface area contributed by atoms with Gasteiger partial charge in [0.25, 0.3) is 0 Å². The maximum absolute atomic E-state index is 13.5. The highest BCUT2D eigenvalue weighted by Crippen LogP contribution is 2.28. The fraction of sp³-hybridized carbons (Fsp3) is 0.0625. The number of hydrogen-bond donors (Lipinski definition) is 2. The van der Waals surface area contributed by atoms with E-state index >= 15 is 0 Å². The van der Waals surface area contributed by atoms with Crippen LogP contribution in [0.1, 0.15) is 5.56 Å². The van der Waals surface area contributed by atoms with Crippen molar-refractivity contribution in [2.45, 2.75) is 0 Å². The lowest BCUT2D eigenvalue weighted by atomic mass is 10.0. The maximum atomic E-state index is 13.5. The molecule has 0 saturated heterocycles. The Balaban J connectivity index is 2.44. The van der Waals surface area contributed by atoms with Gasteiger partial charge in [-0.1, -0.05) is 11.8 Å². The number of halogens is 1. The summed E-state index contributed by atoms with van der Waals surface area (Å²) < 4.78 is 18.6. The molecule has 1 aromatic heterocycles. The van der Waals surface area contributed by atoms with Gasteiger partial charge in [-0.15, -0.1) is 0 Å². The van der Waals surface area contributed by atoms with Crippen molar-refractivity contribution in [1.29, 1.82) is 0 Å². The largest absolute Gasteiger partial charge is 0.505 e. The molecule has 1 heterocycles. The summed E-state index contributed by atoms with van der Waals surface area (Å²) in [6, 6.07) is 6.95. The average molecular weight is 284 g/mol. The van der Waals surface area contributed by atoms with Gasteiger partial charge in [0, 0.05) is 22.4 Å². The molecule has 5 heteroatoms. The zero-order valence-corrected chi connectivity index (χ0v) is 10.7. The third kappa shape index (κ3) is 2.22. The molecule has 0 aliphatic carbocycles. The lowest BCUT2D eigenvalue weighted by molar-refractivity contribution is 0.350. The Hall–Kier alpha value is -2.84. The lowest BCUT2D eigenvalue weighted by Gasteiger charge is -2.04. The second-order valence-corrected chi connectivity index (χ2v) is 4.41. The minimum atomic E-state index is -0.801. The number of fused-ring (bicyclic) bond motifs is 3. The van der Waals surface area contributed by atoms with Crippen LogP contribution in [0.15, 0.2) is 39.5 Å². The fourth-order valence-electron chi connectivity index (χ4n) is 2.16. The highest BCUT2D eigenvalue weighted by Gasteiger charge is 2.11. The second kappa shape index (κ2) is 4.93. The molecule has 2 N–H and O–H groups in total. The van der Waals surface area contributed by atoms with Crippen molar-refractivity contribution in [3.8, 4) is 17.6 Å². The minimum absolute atomic E-state index is 0.0960. The number of aliphatic hydroxyl groups is 1. The van der Waals surface area contributed by atoms with Crippen LogP contribution in [0.2, 0.25) is 0 Å². The molecule has 0 spiro atoms. The van der Waals surface area contributed by atoms with Crippen LogP contribution >= 0.6 is 0 Å². The van der Waals surface area contributed by atoms with Crippen LogP contribution in [0.4, 0.5) is 4.39 Å². The zero-order valence-electron chi connectivity index (χ0n) is 10.7. The normalized spacial score (nSPS) is 10.6. The first kappa shape index (κ1) is 13.2. The predicted octanol–water partition coefficient (Wildman–Crippen LogP) is 2.13. The van der Waals surface area contributed by atoms with E-state index in [1.54, 1.807) is 12.1 Å². The summed E-state index contributed by atoms with van der Waals surface area (Å²) in [6.45, 7) is -0.280. The van der Waals surface area contributed by atoms with Crippen molar-refractivity contribution in [2.24, 2.45) is 0 Å². The van der Waals surface area contributed by atoms with Crippen molar-refractivity contribution in [2.75, 3.05) is 6.61 Å². The van der Waals surface area contributed by atoms with Crippen LogP contribution < -0.4 is 5.63 Å². The van der Waals surface area contributed by atoms with Gasteiger partial charge in [-0.25, -0.2) is 9.18 Å². The Morgan fingerprint density at radius 3 is 2.71 bits per heavy atom. The Morgan fingerprint density at radius 2 is 1.95 bits per heavy atom. The molecule has 0 fully saturated rings. The smallest absolute Gasteiger partial charge is 0.344 e. The molecule has 0 radical (unpaired) electrons. The summed E-state index contributed by atoms with van der Waals surface area (Å²) in [7, 11) is 0. The van der Waals surface area contributed by atoms with E-state index in [2.05, 4.69) is 11.8 Å². The zero-order chi connectivity index (χ0) is 15.0. The molecule has 0 bridgehead atoms. The van der Waals surface area contributed by atoms with Gasteiger partial charge in [0.2, 0.25) is 0 Å². The summed E-state index contributed by atoms with van der Waals surface area (Å²) in [6.07, 6.45) is 0. The third-order valence-electron chi connectivity index (χ3n) is 3.09. The number of phenols is 1. The molecule has 21 heavy (non-hydrogen) atoms. The first-order valence-corrected chi connectivity index (χ1v) is 6.09. The van der Waals surface area contributed by atoms with Gasteiger partial charge in [-0.2, -0.15) is 0 Å². The van der Waals surface area contributed by atoms with Crippen LogP contribution in [0.25, 0.3) is 21.7 Å². The second-order valence-electron chi connectivity index (χ2n) is 4.41. The molecule has 3 aromatic rings. The van der Waals surface area contributed by atoms with E-state index < -0.39 is 17.2 Å². The van der Waals surface area contributed by atoms with E-state index in [0.29, 0.717) is 21.7 Å². The summed E-state index contributed by atoms with van der Waals surface area (Å²) >= 11 is 0. The number of aromatic hydroxyl groups is 1. The summed E-state index contributed by atoms with van der Waals surface area (Å²) in [4.78, 5) is 11.9. The molecular weight excluding hydrogens is 275 g/mol. The molecule has 0 aliphatic rings. The molecule has 0 amide bonds. The van der Waals surface area contributed by atoms with Gasteiger partial charge in [0.05, 0.1) is 5.39 Å². The van der Waals surface area contributed by atoms with Crippen LogP contribution in [0, 0.1) is 17.7 Å². The SMILES string of the molecule is O=c1oc2cc(O)c(F)cc2c2cc(C#CCO)ccc12. The van der Waals surface area contributed by atoms with Gasteiger partial charge in [-0.3, -0.25) is 0 Å². The molecular formula is C16H9FO4. The minimum Gasteiger partial charge on any atom is -0.505 e. The van der Waals surface area contributed by atoms with Crippen LogP contribution in [-0.2, 0) is 0 Å². The van der Waals surface area contributed by atoms with E-state index in [4.69, 9.17) is 9.52 Å². The van der Waals surface area contributed by atoms with Gasteiger partial charge in [0.1, 0.15) is 12.2 Å². The van der Waals surface area contributed by atoms with Gasteiger partial charge in [0.15, 0.2) is 11.6 Å². The van der Waals surface area contributed by atoms with E-state index in [-0.39, 0.29) is 12.2 Å². The lowest BCUT2D eigenvalue weighted by Crippen LogP contribution is -2.00. The highest BCUT2D eigenvalue weighted by atomic mass is 19.1.